The fourth-order valence-corrected chi connectivity index (χ4v) is 6.98. The van der Waals surface area contributed by atoms with Crippen molar-refractivity contribution in [1.82, 2.24) is 15.0 Å². The number of aromatic nitrogens is 3. The first-order valence-electron chi connectivity index (χ1n) is 15.7. The van der Waals surface area contributed by atoms with Crippen molar-refractivity contribution >= 4 is 110 Å². The lowest BCUT2D eigenvalue weighted by molar-refractivity contribution is 0.258. The minimum atomic E-state index is -4.97. The van der Waals surface area contributed by atoms with Crippen molar-refractivity contribution in [1.29, 1.82) is 0 Å². The number of amides is 4. The number of primary amides is 2. The van der Waals surface area contributed by atoms with Crippen LogP contribution in [0.15, 0.2) is 113 Å². The Kier molecular flexibility index (Phi) is 12.6. The number of rotatable bonds is 14. The summed E-state index contributed by atoms with van der Waals surface area (Å²) in [5.41, 5.74) is 9.26. The van der Waals surface area contributed by atoms with Gasteiger partial charge in [0.15, 0.2) is 0 Å². The van der Waals surface area contributed by atoms with Gasteiger partial charge >= 0.3 is 18.1 Å². The minimum Gasteiger partial charge on any atom is -0.479 e. The molecule has 32 heteroatoms. The third-order valence-corrected chi connectivity index (χ3v) is 10.4. The molecule has 0 radical (unpaired) electrons. The smallest absolute Gasteiger partial charge is 0.320 e. The normalized spacial score (nSPS) is 12.3. The molecule has 320 valence electrons. The van der Waals surface area contributed by atoms with E-state index in [4.69, 9.17) is 11.5 Å². The lowest BCUT2D eigenvalue weighted by Crippen LogP contribution is -2.19. The summed E-state index contributed by atoms with van der Waals surface area (Å²) in [6.07, 6.45) is 0. The summed E-state index contributed by atoms with van der Waals surface area (Å²) >= 11 is 0. The van der Waals surface area contributed by atoms with E-state index in [1.165, 1.54) is 36.4 Å². The second-order valence-corrected chi connectivity index (χ2v) is 17.3. The van der Waals surface area contributed by atoms with Gasteiger partial charge in [-0.1, -0.05) is 0 Å². The topological polar surface area (TPSA) is 460 Å². The summed E-state index contributed by atoms with van der Waals surface area (Å²) < 4.78 is 131. The van der Waals surface area contributed by atoms with Crippen molar-refractivity contribution in [3.8, 4) is 6.01 Å². The maximum Gasteiger partial charge on any atom is 0.320 e. The monoisotopic (exact) mass is 923 g/mol. The highest BCUT2D eigenvalue weighted by Crippen LogP contribution is 2.35. The molecule has 4 aromatic carbocycles. The van der Waals surface area contributed by atoms with Gasteiger partial charge in [0.2, 0.25) is 11.9 Å². The van der Waals surface area contributed by atoms with Crippen LogP contribution in [-0.2, 0) is 40.5 Å². The summed E-state index contributed by atoms with van der Waals surface area (Å²) in [6, 6.07) is 8.47. The number of aromatic hydroxyl groups is 1. The number of anilines is 6. The fourth-order valence-electron chi connectivity index (χ4n) is 4.65. The number of azo groups is 2. The molecule has 0 saturated heterocycles. The number of benzene rings is 4. The van der Waals surface area contributed by atoms with Gasteiger partial charge in [-0.25, -0.2) is 9.59 Å². The quantitative estimate of drug-likeness (QED) is 0.0556. The molecule has 0 aliphatic rings. The Bertz CT molecular complexity index is 2830. The highest BCUT2D eigenvalue weighted by atomic mass is 32.2. The van der Waals surface area contributed by atoms with Gasteiger partial charge in [0, 0.05) is 11.4 Å². The second kappa shape index (κ2) is 17.1. The van der Waals surface area contributed by atoms with Gasteiger partial charge in [0.05, 0.1) is 42.3 Å². The van der Waals surface area contributed by atoms with E-state index in [-0.39, 0.29) is 46.0 Å². The average Bonchev–Trinajstić information content (AvgIpc) is 3.12. The molecule has 61 heavy (non-hydrogen) atoms. The number of nitrogens with zero attached hydrogens (tertiary/aromatic N) is 7. The highest BCUT2D eigenvalue weighted by Gasteiger charge is 2.20. The number of carbonyl (C=O) groups is 2. The van der Waals surface area contributed by atoms with Gasteiger partial charge in [-0.15, -0.1) is 10.2 Å². The number of urea groups is 2. The van der Waals surface area contributed by atoms with Crippen LogP contribution in [0.1, 0.15) is 0 Å². The molecule has 0 spiro atoms. The van der Waals surface area contributed by atoms with Crippen LogP contribution in [0.4, 0.5) is 67.0 Å². The lowest BCUT2D eigenvalue weighted by Gasteiger charge is -2.12. The molecule has 0 atom stereocenters. The van der Waals surface area contributed by atoms with Gasteiger partial charge in [0.25, 0.3) is 40.5 Å². The van der Waals surface area contributed by atoms with Gasteiger partial charge in [-0.05, 0) is 72.8 Å². The molecule has 1 heterocycles. The van der Waals surface area contributed by atoms with Gasteiger partial charge in [-0.2, -0.15) is 58.9 Å². The number of hydrogen-bond donors (Lipinski definition) is 11. The molecule has 0 aliphatic heterocycles. The molecule has 0 saturated carbocycles. The van der Waals surface area contributed by atoms with Crippen LogP contribution in [0, 0.1) is 0 Å². The summed E-state index contributed by atoms with van der Waals surface area (Å²) in [5.74, 6) is -0.627. The molecule has 5 aromatic rings. The molecule has 4 amide bonds. The van der Waals surface area contributed by atoms with Crippen LogP contribution >= 0.6 is 0 Å². The van der Waals surface area contributed by atoms with Crippen LogP contribution in [0.25, 0.3) is 0 Å². The van der Waals surface area contributed by atoms with Gasteiger partial charge < -0.3 is 37.8 Å². The van der Waals surface area contributed by atoms with Gasteiger partial charge in [-0.3, -0.25) is 18.2 Å². The number of nitrogens with two attached hydrogens (primary N) is 2. The predicted molar refractivity (Wildman–Crippen MR) is 208 cm³/mol. The molecular weight excluding hydrogens is 899 g/mol. The SMILES string of the molecule is NC(=O)Nc1cc(Nc2nc(O)nc(Nc3ccc(/N=N/c4cc(S(=O)(=O)O)cc(S(=O)(=O)O)c4)c(NC(N)=O)c3)n2)ccc1/N=N/c1cc(S(=O)(=O)O)cc(S(=O)(=O)O)c1. The average molecular weight is 924 g/mol. The highest BCUT2D eigenvalue weighted by molar-refractivity contribution is 7.87. The lowest BCUT2D eigenvalue weighted by atomic mass is 10.2. The van der Waals surface area contributed by atoms with E-state index in [0.717, 1.165) is 24.3 Å². The van der Waals surface area contributed by atoms with E-state index in [1.54, 1.807) is 0 Å². The Balaban J connectivity index is 1.42. The Hall–Kier alpha value is -7.33. The van der Waals surface area contributed by atoms with E-state index in [0.29, 0.717) is 12.1 Å². The third-order valence-electron chi connectivity index (χ3n) is 7.11. The molecule has 28 nitrogen and oxygen atoms in total. The zero-order valence-electron chi connectivity index (χ0n) is 29.7. The molecule has 5 rings (SSSR count). The van der Waals surface area contributed by atoms with E-state index in [2.05, 4.69) is 56.7 Å². The Morgan fingerprint density at radius 1 is 0.492 bits per heavy atom. The molecule has 0 fully saturated rings. The molecule has 0 unspecified atom stereocenters. The maximum absolute atomic E-state index is 11.8. The predicted octanol–water partition coefficient (Wildman–Crippen LogP) is 3.86. The second-order valence-electron chi connectivity index (χ2n) is 11.6. The molecule has 0 aliphatic carbocycles. The largest absolute Gasteiger partial charge is 0.479 e. The number of nitrogens with one attached hydrogen (secondary N) is 4. The van der Waals surface area contributed by atoms with E-state index >= 15 is 0 Å². The van der Waals surface area contributed by atoms with Crippen LogP contribution in [0.2, 0.25) is 0 Å². The van der Waals surface area contributed by atoms with E-state index in [9.17, 15) is 66.6 Å². The molecule has 13 N–H and O–H groups in total. The van der Waals surface area contributed by atoms with Crippen molar-refractivity contribution in [2.45, 2.75) is 19.6 Å². The third kappa shape index (κ3) is 12.3. The summed E-state index contributed by atoms with van der Waals surface area (Å²) in [4.78, 5) is 31.5. The Morgan fingerprint density at radius 3 is 1.11 bits per heavy atom. The van der Waals surface area contributed by atoms with Crippen molar-refractivity contribution in [3.05, 3.63) is 72.8 Å². The zero-order chi connectivity index (χ0) is 45.1. The van der Waals surface area contributed by atoms with E-state index in [1.807, 2.05) is 0 Å². The minimum absolute atomic E-state index is 0.106. The Labute approximate surface area is 341 Å². The molecule has 1 aromatic heterocycles. The summed E-state index contributed by atoms with van der Waals surface area (Å²) in [7, 11) is -19.9. The molecule has 0 bridgehead atoms. The van der Waals surface area contributed by atoms with Crippen LogP contribution < -0.4 is 32.7 Å². The fraction of sp³-hybridized carbons (Fsp3) is 0. The van der Waals surface area contributed by atoms with Crippen molar-refractivity contribution < 1.29 is 66.6 Å². The van der Waals surface area contributed by atoms with Gasteiger partial charge in [0.1, 0.15) is 11.4 Å². The summed E-state index contributed by atoms with van der Waals surface area (Å²) in [5, 5.41) is 35.4. The number of hydrogen-bond acceptors (Lipinski definition) is 20. The summed E-state index contributed by atoms with van der Waals surface area (Å²) in [6.45, 7) is 0. The first-order chi connectivity index (χ1) is 28.2. The van der Waals surface area contributed by atoms with E-state index < -0.39 is 89.5 Å². The standard InChI is InChI=1S/C29H25N13O15S4/c30-25(43)34-23-9-13(1-3-21(23)41-39-15-5-17(58(46,47)48)11-18(6-15)59(49,50)51)32-27-36-28(38-29(45)37-27)33-14-2-4-22(24(10-14)35-26(31)44)42-40-16-7-19(60(52,53)54)12-20(8-16)61(55,56)57/h1-12H,(H3,30,34,43)(H3,31,35,44)(H,46,47,48)(H,49,50,51)(H,52,53,54)(H,55,56,57)(H3,32,33,36,37,38,45)/b41-39+,42-40+. The van der Waals surface area contributed by atoms with Crippen LogP contribution in [0.3, 0.4) is 0 Å². The number of carbonyl (C=O) groups excluding carboxylic acids is 2. The van der Waals surface area contributed by atoms with Crippen molar-refractivity contribution in [2.24, 2.45) is 31.9 Å². The van der Waals surface area contributed by atoms with Crippen molar-refractivity contribution in [3.63, 3.8) is 0 Å². The maximum atomic E-state index is 11.8. The van der Waals surface area contributed by atoms with Crippen molar-refractivity contribution in [2.75, 3.05) is 21.3 Å². The first kappa shape index (κ1) is 44.8. The van der Waals surface area contributed by atoms with Crippen LogP contribution in [-0.4, -0.2) is 84.0 Å². The molecular formula is C29H25N13O15S4. The zero-order valence-corrected chi connectivity index (χ0v) is 32.9. The van der Waals surface area contributed by atoms with Crippen LogP contribution in [0.5, 0.6) is 6.01 Å². The Morgan fingerprint density at radius 2 is 0.820 bits per heavy atom. The first-order valence-corrected chi connectivity index (χ1v) is 21.4.